The van der Waals surface area contributed by atoms with Crippen LogP contribution < -0.4 is 4.90 Å². The minimum Gasteiger partial charge on any atom is -0.310 e. The van der Waals surface area contributed by atoms with Crippen molar-refractivity contribution in [3.8, 4) is 39.1 Å². The van der Waals surface area contributed by atoms with E-state index in [9.17, 15) is 0 Å². The maximum atomic E-state index is 2.47. The molecule has 0 unspecified atom stereocenters. The highest BCUT2D eigenvalue weighted by Crippen LogP contribution is 2.54. The van der Waals surface area contributed by atoms with Gasteiger partial charge in [-0.2, -0.15) is 0 Å². The van der Waals surface area contributed by atoms with Gasteiger partial charge in [-0.25, -0.2) is 0 Å². The van der Waals surface area contributed by atoms with Gasteiger partial charge in [0.1, 0.15) is 0 Å². The van der Waals surface area contributed by atoms with Crippen molar-refractivity contribution in [2.75, 3.05) is 4.90 Å². The van der Waals surface area contributed by atoms with Crippen molar-refractivity contribution in [1.29, 1.82) is 0 Å². The molecule has 0 saturated carbocycles. The van der Waals surface area contributed by atoms with E-state index in [0.717, 1.165) is 17.1 Å². The number of rotatable bonds is 6. The molecule has 0 N–H and O–H groups in total. The number of para-hydroxylation sites is 2. The summed E-state index contributed by atoms with van der Waals surface area (Å²) in [5.41, 5.74) is 17.0. The Morgan fingerprint density at radius 1 is 0.421 bits per heavy atom. The molecular weight excluding hydrogens is 689 g/mol. The fourth-order valence-corrected chi connectivity index (χ4v) is 9.55. The molecule has 1 aliphatic carbocycles. The summed E-state index contributed by atoms with van der Waals surface area (Å²) in [5.74, 6) is 0. The number of hydrogen-bond donors (Lipinski definition) is 0. The molecule has 9 aromatic carbocycles. The summed E-state index contributed by atoms with van der Waals surface area (Å²) in [5, 5.41) is 5.03. The van der Waals surface area contributed by atoms with Gasteiger partial charge in [-0.1, -0.05) is 172 Å². The fourth-order valence-electron chi connectivity index (χ4n) is 9.55. The van der Waals surface area contributed by atoms with Crippen LogP contribution in [0.15, 0.2) is 206 Å². The van der Waals surface area contributed by atoms with Gasteiger partial charge in [0.2, 0.25) is 0 Å². The first-order valence-electron chi connectivity index (χ1n) is 19.9. The highest BCUT2D eigenvalue weighted by Gasteiger charge is 2.37. The van der Waals surface area contributed by atoms with Crippen molar-refractivity contribution in [2.45, 2.75) is 19.3 Å². The van der Waals surface area contributed by atoms with E-state index < -0.39 is 0 Å². The molecule has 270 valence electrons. The van der Waals surface area contributed by atoms with Crippen LogP contribution in [0.1, 0.15) is 25.0 Å². The highest BCUT2D eigenvalue weighted by molar-refractivity contribution is 6.10. The van der Waals surface area contributed by atoms with E-state index in [2.05, 4.69) is 230 Å². The molecule has 1 aromatic heterocycles. The molecule has 0 spiro atoms. The molecule has 0 aliphatic heterocycles. The number of hydrogen-bond acceptors (Lipinski definition) is 1. The van der Waals surface area contributed by atoms with Crippen molar-refractivity contribution >= 4 is 49.6 Å². The Bertz CT molecular complexity index is 3090. The minimum atomic E-state index is -0.118. The summed E-state index contributed by atoms with van der Waals surface area (Å²) in [6.45, 7) is 4.72. The minimum absolute atomic E-state index is 0.118. The number of fused-ring (bicyclic) bond motifs is 7. The van der Waals surface area contributed by atoms with Crippen LogP contribution in [0.2, 0.25) is 0 Å². The van der Waals surface area contributed by atoms with Crippen LogP contribution in [0.3, 0.4) is 0 Å². The Hall–Kier alpha value is -7.16. The number of nitrogens with zero attached hydrogens (tertiary/aromatic N) is 2. The highest BCUT2D eigenvalue weighted by atomic mass is 15.1. The van der Waals surface area contributed by atoms with E-state index in [0.29, 0.717) is 0 Å². The van der Waals surface area contributed by atoms with Crippen LogP contribution in [-0.2, 0) is 5.41 Å². The van der Waals surface area contributed by atoms with Gasteiger partial charge in [0.25, 0.3) is 0 Å². The zero-order valence-electron chi connectivity index (χ0n) is 32.0. The third-order valence-corrected chi connectivity index (χ3v) is 12.2. The fraction of sp³-hybridized carbons (Fsp3) is 0.0545. The molecule has 11 rings (SSSR count). The molecule has 10 aromatic rings. The summed E-state index contributed by atoms with van der Waals surface area (Å²) >= 11 is 0. The monoisotopic (exact) mass is 728 g/mol. The van der Waals surface area contributed by atoms with Crippen molar-refractivity contribution in [3.05, 3.63) is 217 Å². The van der Waals surface area contributed by atoms with Crippen molar-refractivity contribution < 1.29 is 0 Å². The molecule has 0 fully saturated rings. The van der Waals surface area contributed by atoms with E-state index in [1.807, 2.05) is 0 Å². The Morgan fingerprint density at radius 2 is 0.982 bits per heavy atom. The largest absolute Gasteiger partial charge is 0.310 e. The summed E-state index contributed by atoms with van der Waals surface area (Å²) < 4.78 is 2.41. The van der Waals surface area contributed by atoms with E-state index in [1.54, 1.807) is 0 Å². The summed E-state index contributed by atoms with van der Waals surface area (Å²) in [7, 11) is 0. The lowest BCUT2D eigenvalue weighted by Crippen LogP contribution is -2.16. The maximum Gasteiger partial charge on any atom is 0.0543 e. The Morgan fingerprint density at radius 3 is 1.70 bits per heavy atom. The third-order valence-electron chi connectivity index (χ3n) is 12.2. The zero-order valence-corrected chi connectivity index (χ0v) is 32.0. The summed E-state index contributed by atoms with van der Waals surface area (Å²) in [4.78, 5) is 2.47. The standard InChI is InChI=1S/C55H40N2/c1-55(2)48-27-9-6-24-47(48)54-49(55)28-15-31-52(54)56(41-20-14-21-42(36-41)57-50-29-10-7-22-45(50)46-23-8-11-30-51(46)57)40-34-32-38(33-35-40)44-26-13-19-39-18-12-25-43(53(39)44)37-16-4-3-5-17-37/h3-36H,1-2H3. The van der Waals surface area contributed by atoms with Gasteiger partial charge in [-0.15, -0.1) is 0 Å². The molecule has 0 bridgehead atoms. The van der Waals surface area contributed by atoms with E-state index in [-0.39, 0.29) is 5.41 Å². The van der Waals surface area contributed by atoms with Crippen LogP contribution >= 0.6 is 0 Å². The first-order valence-corrected chi connectivity index (χ1v) is 19.9. The molecule has 0 saturated heterocycles. The number of benzene rings is 9. The lowest BCUT2D eigenvalue weighted by molar-refractivity contribution is 0.660. The molecule has 1 aliphatic rings. The predicted molar refractivity (Wildman–Crippen MR) is 241 cm³/mol. The topological polar surface area (TPSA) is 8.17 Å². The molecular formula is C55H40N2. The lowest BCUT2D eigenvalue weighted by atomic mass is 9.82. The van der Waals surface area contributed by atoms with Crippen LogP contribution in [0.25, 0.3) is 71.6 Å². The van der Waals surface area contributed by atoms with Crippen molar-refractivity contribution in [3.63, 3.8) is 0 Å². The lowest BCUT2D eigenvalue weighted by Gasteiger charge is -2.29. The van der Waals surface area contributed by atoms with Gasteiger partial charge in [0.05, 0.1) is 16.7 Å². The van der Waals surface area contributed by atoms with Crippen LogP contribution in [0.5, 0.6) is 0 Å². The van der Waals surface area contributed by atoms with Crippen LogP contribution in [0, 0.1) is 0 Å². The van der Waals surface area contributed by atoms with Gasteiger partial charge in [-0.05, 0) is 98.2 Å². The second kappa shape index (κ2) is 13.0. The molecule has 2 heteroatoms. The molecule has 57 heavy (non-hydrogen) atoms. The van der Waals surface area contributed by atoms with Gasteiger partial charge in [0.15, 0.2) is 0 Å². The maximum absolute atomic E-state index is 2.47. The smallest absolute Gasteiger partial charge is 0.0543 e. The predicted octanol–water partition coefficient (Wildman–Crippen LogP) is 15.0. The van der Waals surface area contributed by atoms with E-state index >= 15 is 0 Å². The van der Waals surface area contributed by atoms with Gasteiger partial charge in [0, 0.05) is 38.8 Å². The normalized spacial score (nSPS) is 12.9. The second-order valence-corrected chi connectivity index (χ2v) is 15.7. The van der Waals surface area contributed by atoms with Gasteiger partial charge < -0.3 is 9.47 Å². The van der Waals surface area contributed by atoms with Crippen LogP contribution in [0.4, 0.5) is 17.1 Å². The van der Waals surface area contributed by atoms with Crippen LogP contribution in [-0.4, -0.2) is 4.57 Å². The third kappa shape index (κ3) is 5.18. The average molecular weight is 729 g/mol. The molecule has 2 nitrogen and oxygen atoms in total. The second-order valence-electron chi connectivity index (χ2n) is 15.7. The number of aromatic nitrogens is 1. The Balaban J connectivity index is 1.12. The Kier molecular flexibility index (Phi) is 7.55. The van der Waals surface area contributed by atoms with E-state index in [1.165, 1.54) is 82.8 Å². The first kappa shape index (κ1) is 33.2. The van der Waals surface area contributed by atoms with Crippen molar-refractivity contribution in [2.24, 2.45) is 0 Å². The average Bonchev–Trinajstić information content (AvgIpc) is 3.73. The van der Waals surface area contributed by atoms with Gasteiger partial charge >= 0.3 is 0 Å². The molecule has 0 radical (unpaired) electrons. The molecule has 0 amide bonds. The van der Waals surface area contributed by atoms with Gasteiger partial charge in [-0.3, -0.25) is 0 Å². The van der Waals surface area contributed by atoms with E-state index in [4.69, 9.17) is 0 Å². The quantitative estimate of drug-likeness (QED) is 0.165. The summed E-state index contributed by atoms with van der Waals surface area (Å²) in [6, 6.07) is 75.6. The molecule has 0 atom stereocenters. The SMILES string of the molecule is CC1(C)c2ccccc2-c2c(N(c3ccc(-c4cccc5cccc(-c6ccccc6)c45)cc3)c3cccc(-n4c5ccccc5c5ccccc54)c3)cccc21. The first-order chi connectivity index (χ1) is 28.1. The molecule has 1 heterocycles. The Labute approximate surface area is 333 Å². The van der Waals surface area contributed by atoms with Crippen molar-refractivity contribution in [1.82, 2.24) is 4.57 Å². The summed E-state index contributed by atoms with van der Waals surface area (Å²) in [6.07, 6.45) is 0. The number of anilines is 3. The zero-order chi connectivity index (χ0) is 38.1.